The van der Waals surface area contributed by atoms with E-state index in [0.29, 0.717) is 13.2 Å². The predicted molar refractivity (Wildman–Crippen MR) is 64.3 cm³/mol. The summed E-state index contributed by atoms with van der Waals surface area (Å²) < 4.78 is 10.3. The van der Waals surface area contributed by atoms with Crippen LogP contribution >= 0.6 is 0 Å². The van der Waals surface area contributed by atoms with Crippen molar-refractivity contribution in [1.82, 2.24) is 5.32 Å². The van der Waals surface area contributed by atoms with Gasteiger partial charge in [-0.05, 0) is 27.2 Å². The number of aliphatic carboxylic acids is 1. The van der Waals surface area contributed by atoms with Crippen molar-refractivity contribution in [3.8, 4) is 0 Å². The second-order valence-corrected chi connectivity index (χ2v) is 5.47. The second-order valence-electron chi connectivity index (χ2n) is 5.47. The van der Waals surface area contributed by atoms with Gasteiger partial charge in [0.15, 0.2) is 0 Å². The molecule has 0 aromatic rings. The molecule has 0 aromatic carbocycles. The third kappa shape index (κ3) is 5.35. The van der Waals surface area contributed by atoms with Crippen molar-refractivity contribution in [2.75, 3.05) is 13.2 Å². The van der Waals surface area contributed by atoms with Gasteiger partial charge in [-0.2, -0.15) is 0 Å². The van der Waals surface area contributed by atoms with Gasteiger partial charge in [0.1, 0.15) is 5.60 Å². The normalized spacial score (nSPS) is 21.4. The molecule has 1 amide bonds. The van der Waals surface area contributed by atoms with Gasteiger partial charge in [0.25, 0.3) is 0 Å². The van der Waals surface area contributed by atoms with Gasteiger partial charge in [-0.1, -0.05) is 0 Å². The maximum Gasteiger partial charge on any atom is 0.407 e. The zero-order valence-corrected chi connectivity index (χ0v) is 11.1. The number of amides is 1. The maximum absolute atomic E-state index is 11.6. The molecule has 1 heterocycles. The largest absolute Gasteiger partial charge is 0.481 e. The van der Waals surface area contributed by atoms with Crippen molar-refractivity contribution in [2.45, 2.75) is 45.3 Å². The smallest absolute Gasteiger partial charge is 0.407 e. The third-order valence-electron chi connectivity index (χ3n) is 2.63. The lowest BCUT2D eigenvalue weighted by Gasteiger charge is -2.25. The van der Waals surface area contributed by atoms with Crippen LogP contribution in [0.2, 0.25) is 0 Å². The van der Waals surface area contributed by atoms with Crippen molar-refractivity contribution in [1.29, 1.82) is 0 Å². The highest BCUT2D eigenvalue weighted by Crippen LogP contribution is 2.19. The summed E-state index contributed by atoms with van der Waals surface area (Å²) in [4.78, 5) is 22.4. The highest BCUT2D eigenvalue weighted by atomic mass is 16.6. The fourth-order valence-electron chi connectivity index (χ4n) is 1.85. The molecule has 1 aliphatic heterocycles. The lowest BCUT2D eigenvalue weighted by Crippen LogP contribution is -2.44. The fourth-order valence-corrected chi connectivity index (χ4v) is 1.85. The minimum Gasteiger partial charge on any atom is -0.481 e. The number of carboxylic acids is 1. The van der Waals surface area contributed by atoms with Gasteiger partial charge in [-0.15, -0.1) is 0 Å². The lowest BCUT2D eigenvalue weighted by molar-refractivity contribution is -0.137. The van der Waals surface area contributed by atoms with Crippen LogP contribution in [-0.2, 0) is 14.3 Å². The van der Waals surface area contributed by atoms with Crippen LogP contribution in [0, 0.1) is 5.92 Å². The summed E-state index contributed by atoms with van der Waals surface area (Å²) in [6.45, 7) is 6.37. The SMILES string of the molecule is CC(C)(C)OC(=O)N[C@H](CC(=O)O)[C@H]1CCOC1. The Balaban J connectivity index is 2.54. The van der Waals surface area contributed by atoms with Crippen LogP contribution in [-0.4, -0.2) is 42.0 Å². The molecular weight excluding hydrogens is 238 g/mol. The Morgan fingerprint density at radius 2 is 2.17 bits per heavy atom. The zero-order valence-electron chi connectivity index (χ0n) is 11.1. The Labute approximate surface area is 107 Å². The topological polar surface area (TPSA) is 84.9 Å². The molecule has 1 rings (SSSR count). The summed E-state index contributed by atoms with van der Waals surface area (Å²) in [5.41, 5.74) is -0.593. The molecule has 0 aliphatic carbocycles. The first-order valence-corrected chi connectivity index (χ1v) is 6.07. The fraction of sp³-hybridized carbons (Fsp3) is 0.833. The number of nitrogens with one attached hydrogen (secondary N) is 1. The molecule has 6 heteroatoms. The van der Waals surface area contributed by atoms with E-state index in [1.165, 1.54) is 0 Å². The van der Waals surface area contributed by atoms with E-state index < -0.39 is 23.7 Å². The summed E-state index contributed by atoms with van der Waals surface area (Å²) in [6.07, 6.45) is 0.0572. The molecule has 0 radical (unpaired) electrons. The van der Waals surface area contributed by atoms with Crippen molar-refractivity contribution in [3.63, 3.8) is 0 Å². The van der Waals surface area contributed by atoms with Gasteiger partial charge in [0.2, 0.25) is 0 Å². The minimum absolute atomic E-state index is 0.0358. The molecule has 0 bridgehead atoms. The van der Waals surface area contributed by atoms with Crippen LogP contribution < -0.4 is 5.32 Å². The molecule has 1 aliphatic rings. The number of hydrogen-bond acceptors (Lipinski definition) is 4. The van der Waals surface area contributed by atoms with Crippen LogP contribution in [0.4, 0.5) is 4.79 Å². The molecule has 18 heavy (non-hydrogen) atoms. The summed E-state index contributed by atoms with van der Waals surface area (Å²) >= 11 is 0. The summed E-state index contributed by atoms with van der Waals surface area (Å²) in [6, 6.07) is -0.445. The van der Waals surface area contributed by atoms with E-state index in [9.17, 15) is 9.59 Å². The Morgan fingerprint density at radius 1 is 1.50 bits per heavy atom. The van der Waals surface area contributed by atoms with Gasteiger partial charge in [0, 0.05) is 18.6 Å². The van der Waals surface area contributed by atoms with Crippen molar-refractivity contribution in [2.24, 2.45) is 5.92 Å². The minimum atomic E-state index is -0.942. The Kier molecular flexibility index (Phi) is 4.95. The van der Waals surface area contributed by atoms with Crippen LogP contribution in [0.15, 0.2) is 0 Å². The van der Waals surface area contributed by atoms with E-state index in [4.69, 9.17) is 14.6 Å². The van der Waals surface area contributed by atoms with Crippen LogP contribution in [0.3, 0.4) is 0 Å². The summed E-state index contributed by atoms with van der Waals surface area (Å²) in [5, 5.41) is 11.5. The lowest BCUT2D eigenvalue weighted by atomic mass is 9.96. The van der Waals surface area contributed by atoms with Crippen molar-refractivity contribution >= 4 is 12.1 Å². The number of rotatable bonds is 4. The van der Waals surface area contributed by atoms with Crippen molar-refractivity contribution < 1.29 is 24.2 Å². The second kappa shape index (κ2) is 6.04. The van der Waals surface area contributed by atoms with Crippen LogP contribution in [0.1, 0.15) is 33.6 Å². The van der Waals surface area contributed by atoms with Gasteiger partial charge in [-0.3, -0.25) is 4.79 Å². The van der Waals surface area contributed by atoms with E-state index in [0.717, 1.165) is 6.42 Å². The third-order valence-corrected chi connectivity index (χ3v) is 2.63. The Bertz CT molecular complexity index is 304. The van der Waals surface area contributed by atoms with Crippen LogP contribution in [0.5, 0.6) is 0 Å². The number of hydrogen-bond donors (Lipinski definition) is 2. The number of carboxylic acid groups (broad SMARTS) is 1. The van der Waals surface area contributed by atoms with E-state index >= 15 is 0 Å². The average Bonchev–Trinajstić information content (AvgIpc) is 2.64. The highest BCUT2D eigenvalue weighted by Gasteiger charge is 2.30. The molecule has 0 unspecified atom stereocenters. The van der Waals surface area contributed by atoms with Crippen LogP contribution in [0.25, 0.3) is 0 Å². The van der Waals surface area contributed by atoms with Gasteiger partial charge >= 0.3 is 12.1 Å². The molecule has 0 spiro atoms. The molecule has 2 N–H and O–H groups in total. The number of ether oxygens (including phenoxy) is 2. The van der Waals surface area contributed by atoms with E-state index in [1.54, 1.807) is 20.8 Å². The molecule has 104 valence electrons. The summed E-state index contributed by atoms with van der Waals surface area (Å²) in [5.74, 6) is -0.906. The molecular formula is C12H21NO5. The number of carbonyl (C=O) groups is 2. The molecule has 0 saturated carbocycles. The zero-order chi connectivity index (χ0) is 13.8. The monoisotopic (exact) mass is 259 g/mol. The first-order valence-electron chi connectivity index (χ1n) is 6.07. The molecule has 0 aromatic heterocycles. The predicted octanol–water partition coefficient (Wildman–Crippen LogP) is 1.39. The van der Waals surface area contributed by atoms with Gasteiger partial charge in [0.05, 0.1) is 13.0 Å². The molecule has 1 fully saturated rings. The average molecular weight is 259 g/mol. The summed E-state index contributed by atoms with van der Waals surface area (Å²) in [7, 11) is 0. The van der Waals surface area contributed by atoms with E-state index in [1.807, 2.05) is 0 Å². The first-order chi connectivity index (χ1) is 8.28. The highest BCUT2D eigenvalue weighted by molar-refractivity contribution is 5.71. The quantitative estimate of drug-likeness (QED) is 0.797. The van der Waals surface area contributed by atoms with E-state index in [2.05, 4.69) is 5.32 Å². The number of carbonyl (C=O) groups excluding carboxylic acids is 1. The van der Waals surface area contributed by atoms with Gasteiger partial charge in [-0.25, -0.2) is 4.79 Å². The van der Waals surface area contributed by atoms with Gasteiger partial charge < -0.3 is 19.9 Å². The van der Waals surface area contributed by atoms with Crippen molar-refractivity contribution in [3.05, 3.63) is 0 Å². The maximum atomic E-state index is 11.6. The Hall–Kier alpha value is -1.30. The first kappa shape index (κ1) is 14.8. The molecule has 2 atom stereocenters. The van der Waals surface area contributed by atoms with E-state index in [-0.39, 0.29) is 12.3 Å². The Morgan fingerprint density at radius 3 is 2.61 bits per heavy atom. The molecule has 6 nitrogen and oxygen atoms in total. The molecule has 1 saturated heterocycles. The standard InChI is InChI=1S/C12H21NO5/c1-12(2,3)18-11(16)13-9(6-10(14)15)8-4-5-17-7-8/h8-9H,4-7H2,1-3H3,(H,13,16)(H,14,15)/t8-,9+/m0/s1. The number of alkyl carbamates (subject to hydrolysis) is 1.